The van der Waals surface area contributed by atoms with Gasteiger partial charge in [-0.05, 0) is 50.1 Å². The van der Waals surface area contributed by atoms with E-state index in [9.17, 15) is 14.3 Å². The third-order valence-electron chi connectivity index (χ3n) is 3.71. The van der Waals surface area contributed by atoms with Crippen molar-refractivity contribution < 1.29 is 19.0 Å². The van der Waals surface area contributed by atoms with Crippen LogP contribution in [0.15, 0.2) is 24.3 Å². The average molecular weight is 281 g/mol. The molecule has 1 saturated carbocycles. The highest BCUT2D eigenvalue weighted by molar-refractivity contribution is 5.79. The molecule has 0 heterocycles. The van der Waals surface area contributed by atoms with Gasteiger partial charge in [-0.2, -0.15) is 0 Å². The fourth-order valence-corrected chi connectivity index (χ4v) is 2.60. The van der Waals surface area contributed by atoms with Gasteiger partial charge in [-0.25, -0.2) is 4.39 Å². The number of rotatable bonds is 6. The molecule has 2 N–H and O–H groups in total. The van der Waals surface area contributed by atoms with E-state index >= 15 is 0 Å². The highest BCUT2D eigenvalue weighted by atomic mass is 19.1. The zero-order chi connectivity index (χ0) is 14.6. The molecule has 0 radical (unpaired) electrons. The molecule has 0 aliphatic heterocycles. The van der Waals surface area contributed by atoms with Crippen molar-refractivity contribution in [1.29, 1.82) is 0 Å². The lowest BCUT2D eigenvalue weighted by Crippen LogP contribution is -2.50. The number of ether oxygens (including phenoxy) is 1. The monoisotopic (exact) mass is 281 g/mol. The molecule has 1 aromatic carbocycles. The van der Waals surface area contributed by atoms with Crippen molar-refractivity contribution >= 4 is 5.97 Å². The van der Waals surface area contributed by atoms with Gasteiger partial charge in [-0.3, -0.25) is 4.79 Å². The van der Waals surface area contributed by atoms with Gasteiger partial charge in [0.2, 0.25) is 0 Å². The van der Waals surface area contributed by atoms with Crippen molar-refractivity contribution in [3.05, 3.63) is 30.1 Å². The Labute approximate surface area is 117 Å². The first-order chi connectivity index (χ1) is 9.55. The smallest absolute Gasteiger partial charge is 0.324 e. The summed E-state index contributed by atoms with van der Waals surface area (Å²) >= 11 is 0. The Hall–Kier alpha value is -1.62. The van der Waals surface area contributed by atoms with Crippen LogP contribution in [-0.2, 0) is 4.79 Å². The molecule has 0 amide bonds. The molecule has 0 aromatic heterocycles. The van der Waals surface area contributed by atoms with Gasteiger partial charge in [0.05, 0.1) is 0 Å². The summed E-state index contributed by atoms with van der Waals surface area (Å²) in [5.74, 6) is -0.558. The van der Waals surface area contributed by atoms with Crippen LogP contribution in [0.5, 0.6) is 5.75 Å². The Morgan fingerprint density at radius 3 is 2.80 bits per heavy atom. The molecule has 0 saturated heterocycles. The Kier molecular flexibility index (Phi) is 4.60. The predicted molar refractivity (Wildman–Crippen MR) is 73.3 cm³/mol. The van der Waals surface area contributed by atoms with E-state index in [4.69, 9.17) is 4.74 Å². The summed E-state index contributed by atoms with van der Waals surface area (Å²) in [7, 11) is 0. The van der Waals surface area contributed by atoms with Crippen molar-refractivity contribution in [2.24, 2.45) is 0 Å². The zero-order valence-corrected chi connectivity index (χ0v) is 11.6. The van der Waals surface area contributed by atoms with Crippen LogP contribution in [0.1, 0.15) is 32.6 Å². The zero-order valence-electron chi connectivity index (χ0n) is 11.6. The van der Waals surface area contributed by atoms with Crippen molar-refractivity contribution in [2.75, 3.05) is 6.54 Å². The molecule has 2 atom stereocenters. The number of aliphatic carboxylic acids is 1. The predicted octanol–water partition coefficient (Wildman–Crippen LogP) is 2.58. The standard InChI is InChI=1S/C15H20FNO3/c1-2-9-17-15(14(18)19)8-7-13(10-15)20-12-5-3-11(16)4-6-12/h3-6,13,17H,2,7-10H2,1H3,(H,18,19). The fraction of sp³-hybridized carbons (Fsp3) is 0.533. The number of hydrogen-bond acceptors (Lipinski definition) is 3. The van der Waals surface area contributed by atoms with Crippen LogP contribution < -0.4 is 10.1 Å². The molecular weight excluding hydrogens is 261 g/mol. The van der Waals surface area contributed by atoms with Crippen LogP contribution in [0.4, 0.5) is 4.39 Å². The van der Waals surface area contributed by atoms with Crippen LogP contribution in [0.2, 0.25) is 0 Å². The highest BCUT2D eigenvalue weighted by Gasteiger charge is 2.46. The number of nitrogens with one attached hydrogen (secondary N) is 1. The maximum Gasteiger partial charge on any atom is 0.324 e. The van der Waals surface area contributed by atoms with Gasteiger partial charge < -0.3 is 15.2 Å². The lowest BCUT2D eigenvalue weighted by atomic mass is 9.97. The normalized spacial score (nSPS) is 25.6. The van der Waals surface area contributed by atoms with Gasteiger partial charge in [-0.15, -0.1) is 0 Å². The van der Waals surface area contributed by atoms with E-state index in [1.54, 1.807) is 12.1 Å². The highest BCUT2D eigenvalue weighted by Crippen LogP contribution is 2.33. The van der Waals surface area contributed by atoms with E-state index in [-0.39, 0.29) is 11.9 Å². The third kappa shape index (κ3) is 3.28. The summed E-state index contributed by atoms with van der Waals surface area (Å²) in [5, 5.41) is 12.6. The molecule has 1 aliphatic rings. The maximum absolute atomic E-state index is 12.8. The van der Waals surface area contributed by atoms with E-state index < -0.39 is 11.5 Å². The van der Waals surface area contributed by atoms with Gasteiger partial charge in [0.25, 0.3) is 0 Å². The molecule has 0 spiro atoms. The van der Waals surface area contributed by atoms with Gasteiger partial charge in [0.1, 0.15) is 23.2 Å². The van der Waals surface area contributed by atoms with Gasteiger partial charge >= 0.3 is 5.97 Å². The minimum atomic E-state index is -0.888. The molecule has 1 aliphatic carbocycles. The van der Waals surface area contributed by atoms with E-state index in [2.05, 4.69) is 5.32 Å². The molecule has 0 bridgehead atoms. The second-order valence-corrected chi connectivity index (χ2v) is 5.25. The summed E-state index contributed by atoms with van der Waals surface area (Å²) in [6.07, 6.45) is 2.40. The summed E-state index contributed by atoms with van der Waals surface area (Å²) < 4.78 is 18.6. The number of carboxylic acid groups (broad SMARTS) is 1. The summed E-state index contributed by atoms with van der Waals surface area (Å²) in [5.41, 5.74) is -0.888. The summed E-state index contributed by atoms with van der Waals surface area (Å²) in [6, 6.07) is 5.80. The average Bonchev–Trinajstić information content (AvgIpc) is 2.84. The lowest BCUT2D eigenvalue weighted by Gasteiger charge is -2.25. The SMILES string of the molecule is CCCNC1(C(=O)O)CCC(Oc2ccc(F)cc2)C1. The minimum Gasteiger partial charge on any atom is -0.490 e. The number of carboxylic acids is 1. The molecule has 5 heteroatoms. The number of carbonyl (C=O) groups is 1. The lowest BCUT2D eigenvalue weighted by molar-refractivity contribution is -0.144. The van der Waals surface area contributed by atoms with Crippen molar-refractivity contribution in [3.63, 3.8) is 0 Å². The quantitative estimate of drug-likeness (QED) is 0.841. The molecule has 2 rings (SSSR count). The van der Waals surface area contributed by atoms with E-state index in [0.717, 1.165) is 6.42 Å². The molecule has 2 unspecified atom stereocenters. The van der Waals surface area contributed by atoms with Crippen LogP contribution in [0.25, 0.3) is 0 Å². The maximum atomic E-state index is 12.8. The molecule has 20 heavy (non-hydrogen) atoms. The number of benzene rings is 1. The Bertz CT molecular complexity index is 463. The molecule has 1 aromatic rings. The Morgan fingerprint density at radius 1 is 1.50 bits per heavy atom. The van der Waals surface area contributed by atoms with Crippen molar-refractivity contribution in [3.8, 4) is 5.75 Å². The van der Waals surface area contributed by atoms with E-state index in [1.165, 1.54) is 12.1 Å². The van der Waals surface area contributed by atoms with Crippen LogP contribution >= 0.6 is 0 Å². The summed E-state index contributed by atoms with van der Waals surface area (Å²) in [4.78, 5) is 11.5. The van der Waals surface area contributed by atoms with Crippen molar-refractivity contribution in [2.45, 2.75) is 44.2 Å². The van der Waals surface area contributed by atoms with Gasteiger partial charge in [0.15, 0.2) is 0 Å². The van der Waals surface area contributed by atoms with E-state index in [1.807, 2.05) is 6.92 Å². The second kappa shape index (κ2) is 6.22. The first kappa shape index (κ1) is 14.8. The van der Waals surface area contributed by atoms with Crippen LogP contribution in [0, 0.1) is 5.82 Å². The third-order valence-corrected chi connectivity index (χ3v) is 3.71. The molecule has 4 nitrogen and oxygen atoms in total. The number of hydrogen-bond donors (Lipinski definition) is 2. The molecular formula is C15H20FNO3. The number of halogens is 1. The fourth-order valence-electron chi connectivity index (χ4n) is 2.60. The van der Waals surface area contributed by atoms with Crippen LogP contribution in [-0.4, -0.2) is 29.3 Å². The first-order valence-electron chi connectivity index (χ1n) is 6.96. The largest absolute Gasteiger partial charge is 0.490 e. The van der Waals surface area contributed by atoms with Gasteiger partial charge in [0, 0.05) is 6.42 Å². The van der Waals surface area contributed by atoms with E-state index in [0.29, 0.717) is 31.6 Å². The first-order valence-corrected chi connectivity index (χ1v) is 6.96. The molecule has 1 fully saturated rings. The summed E-state index contributed by atoms with van der Waals surface area (Å²) in [6.45, 7) is 2.68. The topological polar surface area (TPSA) is 58.6 Å². The van der Waals surface area contributed by atoms with Crippen molar-refractivity contribution in [1.82, 2.24) is 5.32 Å². The minimum absolute atomic E-state index is 0.152. The van der Waals surface area contributed by atoms with Crippen LogP contribution in [0.3, 0.4) is 0 Å². The second-order valence-electron chi connectivity index (χ2n) is 5.25. The molecule has 110 valence electrons. The Morgan fingerprint density at radius 2 is 2.20 bits per heavy atom. The Balaban J connectivity index is 1.99. The van der Waals surface area contributed by atoms with Gasteiger partial charge in [-0.1, -0.05) is 6.92 Å².